The van der Waals surface area contributed by atoms with Crippen LogP contribution < -0.4 is 5.32 Å². The third-order valence-corrected chi connectivity index (χ3v) is 15.1. The van der Waals surface area contributed by atoms with Crippen molar-refractivity contribution in [3.05, 3.63) is 24.3 Å². The van der Waals surface area contributed by atoms with E-state index in [1.807, 2.05) is 6.08 Å². The van der Waals surface area contributed by atoms with Crippen LogP contribution in [0.4, 0.5) is 0 Å². The monoisotopic (exact) mass is 1060 g/mol. The molecular formula is C60H113NO13. The lowest BCUT2D eigenvalue weighted by Crippen LogP contribution is -2.65. The third-order valence-electron chi connectivity index (χ3n) is 15.1. The van der Waals surface area contributed by atoms with E-state index in [4.69, 9.17) is 18.9 Å². The van der Waals surface area contributed by atoms with Gasteiger partial charge in [-0.25, -0.2) is 0 Å². The van der Waals surface area contributed by atoms with Crippen LogP contribution in [0.1, 0.15) is 258 Å². The first kappa shape index (κ1) is 68.6. The van der Waals surface area contributed by atoms with Gasteiger partial charge in [-0.15, -0.1) is 0 Å². The number of unbranched alkanes of at least 4 members (excludes halogenated alkanes) is 34. The van der Waals surface area contributed by atoms with E-state index in [-0.39, 0.29) is 18.9 Å². The SMILES string of the molecule is CCCCCCCCCCCCCCCCCCCCC/C=C/CC/C=C/C(O)C(COC1OC(CO)C(OC2OC(CO)C(O)C(O)C2O)C(O)C1O)NC(=O)CCCCCCCCCCCCCCCCC. The van der Waals surface area contributed by atoms with Crippen LogP contribution in [-0.2, 0) is 23.7 Å². The maximum Gasteiger partial charge on any atom is 0.220 e. The molecule has 14 heteroatoms. The summed E-state index contributed by atoms with van der Waals surface area (Å²) in [5, 5.41) is 87.1. The largest absolute Gasteiger partial charge is 0.394 e. The second-order valence-corrected chi connectivity index (χ2v) is 21.8. The summed E-state index contributed by atoms with van der Waals surface area (Å²) in [4.78, 5) is 13.2. The molecule has 0 aromatic carbocycles. The van der Waals surface area contributed by atoms with Gasteiger partial charge in [0.05, 0.1) is 32.0 Å². The second-order valence-electron chi connectivity index (χ2n) is 21.8. The molecule has 2 aliphatic rings. The van der Waals surface area contributed by atoms with Gasteiger partial charge in [-0.3, -0.25) is 4.79 Å². The molecule has 0 aromatic heterocycles. The molecule has 2 rings (SSSR count). The molecule has 0 aromatic rings. The van der Waals surface area contributed by atoms with E-state index in [0.717, 1.165) is 32.1 Å². The van der Waals surface area contributed by atoms with E-state index in [1.165, 1.54) is 193 Å². The summed E-state index contributed by atoms with van der Waals surface area (Å²) in [6, 6.07) is -0.927. The summed E-state index contributed by atoms with van der Waals surface area (Å²) in [7, 11) is 0. The minimum absolute atomic E-state index is 0.245. The average molecular weight is 1060 g/mol. The van der Waals surface area contributed by atoms with Gasteiger partial charge >= 0.3 is 0 Å². The van der Waals surface area contributed by atoms with Crippen LogP contribution >= 0.6 is 0 Å². The number of aliphatic hydroxyl groups excluding tert-OH is 8. The van der Waals surface area contributed by atoms with Gasteiger partial charge in [-0.1, -0.05) is 244 Å². The van der Waals surface area contributed by atoms with Crippen molar-refractivity contribution in [1.82, 2.24) is 5.32 Å². The number of carbonyl (C=O) groups is 1. The van der Waals surface area contributed by atoms with Gasteiger partial charge in [0.1, 0.15) is 48.8 Å². The van der Waals surface area contributed by atoms with Gasteiger partial charge in [0, 0.05) is 6.42 Å². The molecule has 14 nitrogen and oxygen atoms in total. The van der Waals surface area contributed by atoms with Crippen molar-refractivity contribution in [3.63, 3.8) is 0 Å². The van der Waals surface area contributed by atoms with E-state index < -0.39 is 86.8 Å². The standard InChI is InChI=1S/C60H113NO13/c1-3-5-7-9-11-13-15-17-19-20-21-22-23-24-25-26-27-28-30-31-33-35-37-39-41-43-49(64)48(61-52(65)44-42-40-38-36-34-32-29-18-16-14-12-10-8-6-4-2)47-71-59-57(70)55(68)58(51(46-63)73-59)74-60-56(69)54(67)53(66)50(45-62)72-60/h33,35,41,43,48-51,53-60,62-64,66-70H,3-32,34,36-40,42,44-47H2,1-2H3,(H,61,65)/b35-33+,43-41+. The molecule has 0 aliphatic carbocycles. The van der Waals surface area contributed by atoms with Crippen molar-refractivity contribution in [2.24, 2.45) is 0 Å². The molecular weight excluding hydrogens is 943 g/mol. The number of rotatable bonds is 49. The molecule has 2 heterocycles. The number of carbonyl (C=O) groups excluding carboxylic acids is 1. The Morgan fingerprint density at radius 1 is 0.473 bits per heavy atom. The molecule has 12 atom stereocenters. The number of hydrogen-bond acceptors (Lipinski definition) is 13. The molecule has 436 valence electrons. The highest BCUT2D eigenvalue weighted by atomic mass is 16.7. The number of ether oxygens (including phenoxy) is 4. The second kappa shape index (κ2) is 46.4. The maximum atomic E-state index is 13.2. The molecule has 2 saturated heterocycles. The number of allylic oxidation sites excluding steroid dienone is 3. The summed E-state index contributed by atoms with van der Waals surface area (Å²) in [6.07, 6.45) is 38.0. The molecule has 9 N–H and O–H groups in total. The number of amides is 1. The normalized spacial score (nSPS) is 25.3. The zero-order valence-corrected chi connectivity index (χ0v) is 46.8. The van der Waals surface area contributed by atoms with Crippen LogP contribution in [0.25, 0.3) is 0 Å². The van der Waals surface area contributed by atoms with Gasteiger partial charge in [0.2, 0.25) is 5.91 Å². The fraction of sp³-hybridized carbons (Fsp3) is 0.917. The molecule has 1 amide bonds. The lowest BCUT2D eigenvalue weighted by Gasteiger charge is -2.46. The van der Waals surface area contributed by atoms with Crippen LogP contribution in [0.5, 0.6) is 0 Å². The first-order valence-electron chi connectivity index (χ1n) is 30.6. The average Bonchev–Trinajstić information content (AvgIpc) is 3.40. The molecule has 0 saturated carbocycles. The summed E-state index contributed by atoms with van der Waals surface area (Å²) in [6.45, 7) is 2.81. The van der Waals surface area contributed by atoms with E-state index >= 15 is 0 Å². The smallest absolute Gasteiger partial charge is 0.220 e. The Bertz CT molecular complexity index is 1340. The summed E-state index contributed by atoms with van der Waals surface area (Å²) in [5.74, 6) is -0.245. The molecule has 2 aliphatic heterocycles. The quantitative estimate of drug-likeness (QED) is 0.0204. The highest BCUT2D eigenvalue weighted by Gasteiger charge is 2.51. The Balaban J connectivity index is 1.76. The van der Waals surface area contributed by atoms with E-state index in [2.05, 4.69) is 31.3 Å². The maximum absolute atomic E-state index is 13.2. The molecule has 74 heavy (non-hydrogen) atoms. The van der Waals surface area contributed by atoms with Crippen LogP contribution in [0.15, 0.2) is 24.3 Å². The first-order chi connectivity index (χ1) is 36.1. The summed E-state index contributed by atoms with van der Waals surface area (Å²) >= 11 is 0. The van der Waals surface area contributed by atoms with Gasteiger partial charge in [-0.05, 0) is 32.1 Å². The molecule has 12 unspecified atom stereocenters. The molecule has 2 fully saturated rings. The lowest BCUT2D eigenvalue weighted by molar-refractivity contribution is -0.359. The van der Waals surface area contributed by atoms with Crippen molar-refractivity contribution >= 4 is 5.91 Å². The Morgan fingerprint density at radius 3 is 1.32 bits per heavy atom. The van der Waals surface area contributed by atoms with Crippen molar-refractivity contribution in [1.29, 1.82) is 0 Å². The Morgan fingerprint density at radius 2 is 0.865 bits per heavy atom. The minimum Gasteiger partial charge on any atom is -0.394 e. The van der Waals surface area contributed by atoms with Crippen LogP contribution in [0.3, 0.4) is 0 Å². The first-order valence-corrected chi connectivity index (χ1v) is 30.6. The topological polar surface area (TPSA) is 228 Å². The highest BCUT2D eigenvalue weighted by Crippen LogP contribution is 2.30. The Labute approximate surface area is 449 Å². The molecule has 0 bridgehead atoms. The predicted molar refractivity (Wildman–Crippen MR) is 295 cm³/mol. The van der Waals surface area contributed by atoms with Crippen molar-refractivity contribution < 1.29 is 64.6 Å². The van der Waals surface area contributed by atoms with Gasteiger partial charge < -0.3 is 65.1 Å². The van der Waals surface area contributed by atoms with Gasteiger partial charge in [0.25, 0.3) is 0 Å². The number of nitrogens with one attached hydrogen (secondary N) is 1. The Hall–Kier alpha value is -1.53. The van der Waals surface area contributed by atoms with E-state index in [9.17, 15) is 45.6 Å². The van der Waals surface area contributed by atoms with Crippen LogP contribution in [0.2, 0.25) is 0 Å². The fourth-order valence-corrected chi connectivity index (χ4v) is 10.2. The zero-order valence-electron chi connectivity index (χ0n) is 46.8. The molecule has 0 radical (unpaired) electrons. The zero-order chi connectivity index (χ0) is 53.9. The van der Waals surface area contributed by atoms with E-state index in [1.54, 1.807) is 6.08 Å². The van der Waals surface area contributed by atoms with Crippen molar-refractivity contribution in [2.45, 2.75) is 331 Å². The van der Waals surface area contributed by atoms with E-state index in [0.29, 0.717) is 12.8 Å². The highest BCUT2D eigenvalue weighted by molar-refractivity contribution is 5.76. The molecule has 0 spiro atoms. The predicted octanol–water partition coefficient (Wildman–Crippen LogP) is 10.4. The minimum atomic E-state index is -1.79. The summed E-state index contributed by atoms with van der Waals surface area (Å²) in [5.41, 5.74) is 0. The number of aliphatic hydroxyl groups is 8. The lowest BCUT2D eigenvalue weighted by atomic mass is 9.97. The van der Waals surface area contributed by atoms with Gasteiger partial charge in [0.15, 0.2) is 12.6 Å². The fourth-order valence-electron chi connectivity index (χ4n) is 10.2. The Kier molecular flexibility index (Phi) is 43.0. The van der Waals surface area contributed by atoms with Crippen molar-refractivity contribution in [3.8, 4) is 0 Å². The summed E-state index contributed by atoms with van der Waals surface area (Å²) < 4.78 is 22.8. The van der Waals surface area contributed by atoms with Crippen LogP contribution in [0, 0.1) is 0 Å². The van der Waals surface area contributed by atoms with Crippen LogP contribution in [-0.4, -0.2) is 140 Å². The van der Waals surface area contributed by atoms with Gasteiger partial charge in [-0.2, -0.15) is 0 Å². The third kappa shape index (κ3) is 31.8. The van der Waals surface area contributed by atoms with Crippen molar-refractivity contribution in [2.75, 3.05) is 19.8 Å². The number of hydrogen-bond donors (Lipinski definition) is 9.